The number of fused-ring (bicyclic) bond motifs is 5. The molecule has 0 aromatic carbocycles. The van der Waals surface area contributed by atoms with Gasteiger partial charge in [-0.2, -0.15) is 0 Å². The first-order chi connectivity index (χ1) is 5.90. The summed E-state index contributed by atoms with van der Waals surface area (Å²) < 4.78 is 0. The summed E-state index contributed by atoms with van der Waals surface area (Å²) in [5.74, 6) is 4.74. The Balaban J connectivity index is 1.83. The Labute approximate surface area is 74.2 Å². The quantitative estimate of drug-likeness (QED) is 0.632. The molecule has 0 saturated heterocycles. The highest BCUT2D eigenvalue weighted by Gasteiger charge is 2.53. The molecule has 1 nitrogen and oxygen atoms in total. The van der Waals surface area contributed by atoms with E-state index in [9.17, 15) is 5.11 Å². The molecule has 3 aliphatic carbocycles. The van der Waals surface area contributed by atoms with Gasteiger partial charge in [0, 0.05) is 6.61 Å². The maximum atomic E-state index is 9.21. The third kappa shape index (κ3) is 0.783. The third-order valence-electron chi connectivity index (χ3n) is 4.80. The summed E-state index contributed by atoms with van der Waals surface area (Å²) in [5, 5.41) is 9.21. The first-order valence-corrected chi connectivity index (χ1v) is 5.51. The molecule has 0 aliphatic heterocycles. The van der Waals surface area contributed by atoms with Crippen LogP contribution >= 0.6 is 0 Å². The van der Waals surface area contributed by atoms with Gasteiger partial charge in [-0.25, -0.2) is 0 Å². The lowest BCUT2D eigenvalue weighted by molar-refractivity contribution is 0.121. The van der Waals surface area contributed by atoms with Crippen molar-refractivity contribution in [3.8, 4) is 0 Å². The van der Waals surface area contributed by atoms with Crippen molar-refractivity contribution in [2.75, 3.05) is 6.61 Å². The third-order valence-corrected chi connectivity index (χ3v) is 4.80. The molecular formula is C11H18O. The molecule has 0 aromatic rings. The maximum Gasteiger partial charge on any atom is 0.0462 e. The SMILES string of the molecule is OC[C@H]1CC2CC1C1CCCC21. The van der Waals surface area contributed by atoms with Gasteiger partial charge < -0.3 is 5.11 Å². The van der Waals surface area contributed by atoms with Gasteiger partial charge in [-0.3, -0.25) is 0 Å². The molecule has 12 heavy (non-hydrogen) atoms. The number of aliphatic hydroxyl groups is 1. The number of aliphatic hydroxyl groups excluding tert-OH is 1. The summed E-state index contributed by atoms with van der Waals surface area (Å²) in [6, 6.07) is 0. The number of hydrogen-bond acceptors (Lipinski definition) is 1. The highest BCUT2D eigenvalue weighted by Crippen LogP contribution is 2.60. The van der Waals surface area contributed by atoms with Gasteiger partial charge in [0.25, 0.3) is 0 Å². The second-order valence-corrected chi connectivity index (χ2v) is 5.10. The van der Waals surface area contributed by atoms with Crippen molar-refractivity contribution in [2.24, 2.45) is 29.6 Å². The Kier molecular flexibility index (Phi) is 1.52. The lowest BCUT2D eigenvalue weighted by Gasteiger charge is -2.30. The minimum Gasteiger partial charge on any atom is -0.396 e. The van der Waals surface area contributed by atoms with E-state index in [-0.39, 0.29) is 0 Å². The second-order valence-electron chi connectivity index (χ2n) is 5.10. The van der Waals surface area contributed by atoms with E-state index in [4.69, 9.17) is 0 Å². The molecule has 3 saturated carbocycles. The molecule has 0 amide bonds. The van der Waals surface area contributed by atoms with Crippen molar-refractivity contribution in [2.45, 2.75) is 32.1 Å². The predicted molar refractivity (Wildman–Crippen MR) is 47.6 cm³/mol. The van der Waals surface area contributed by atoms with E-state index in [1.54, 1.807) is 0 Å². The van der Waals surface area contributed by atoms with Crippen LogP contribution in [0.5, 0.6) is 0 Å². The zero-order valence-corrected chi connectivity index (χ0v) is 7.58. The fourth-order valence-electron chi connectivity index (χ4n) is 4.42. The summed E-state index contributed by atoms with van der Waals surface area (Å²) in [6.45, 7) is 0.463. The van der Waals surface area contributed by atoms with Crippen molar-refractivity contribution >= 4 is 0 Å². The summed E-state index contributed by atoms with van der Waals surface area (Å²) in [6.07, 6.45) is 7.26. The van der Waals surface area contributed by atoms with Crippen LogP contribution < -0.4 is 0 Å². The Morgan fingerprint density at radius 2 is 1.83 bits per heavy atom. The van der Waals surface area contributed by atoms with Crippen LogP contribution in [-0.2, 0) is 0 Å². The molecule has 3 fully saturated rings. The van der Waals surface area contributed by atoms with E-state index < -0.39 is 0 Å². The maximum absolute atomic E-state index is 9.21. The molecule has 3 aliphatic rings. The molecule has 0 aromatic heterocycles. The minimum absolute atomic E-state index is 0.463. The molecule has 0 radical (unpaired) electrons. The Morgan fingerprint density at radius 3 is 2.67 bits per heavy atom. The molecule has 68 valence electrons. The average Bonchev–Trinajstić information content (AvgIpc) is 2.75. The van der Waals surface area contributed by atoms with E-state index in [1.165, 1.54) is 32.1 Å². The van der Waals surface area contributed by atoms with E-state index in [0.29, 0.717) is 12.5 Å². The summed E-state index contributed by atoms with van der Waals surface area (Å²) in [7, 11) is 0. The van der Waals surface area contributed by atoms with Gasteiger partial charge in [-0.1, -0.05) is 6.42 Å². The van der Waals surface area contributed by atoms with Crippen LogP contribution in [0.25, 0.3) is 0 Å². The summed E-state index contributed by atoms with van der Waals surface area (Å²) >= 11 is 0. The average molecular weight is 166 g/mol. The molecule has 1 heteroatoms. The van der Waals surface area contributed by atoms with Gasteiger partial charge in [-0.05, 0) is 55.3 Å². The van der Waals surface area contributed by atoms with Crippen molar-refractivity contribution in [1.82, 2.24) is 0 Å². The van der Waals surface area contributed by atoms with Gasteiger partial charge in [0.2, 0.25) is 0 Å². The fourth-order valence-corrected chi connectivity index (χ4v) is 4.42. The Hall–Kier alpha value is -0.0400. The van der Waals surface area contributed by atoms with Crippen LogP contribution in [0.4, 0.5) is 0 Å². The van der Waals surface area contributed by atoms with Gasteiger partial charge in [0.15, 0.2) is 0 Å². The first kappa shape index (κ1) is 7.37. The molecule has 3 rings (SSSR count). The van der Waals surface area contributed by atoms with E-state index in [0.717, 1.165) is 23.7 Å². The lowest BCUT2D eigenvalue weighted by atomic mass is 9.76. The van der Waals surface area contributed by atoms with Crippen LogP contribution in [0, 0.1) is 29.6 Å². The van der Waals surface area contributed by atoms with Crippen LogP contribution in [0.1, 0.15) is 32.1 Å². The van der Waals surface area contributed by atoms with Crippen LogP contribution in [0.2, 0.25) is 0 Å². The Bertz CT molecular complexity index is 187. The van der Waals surface area contributed by atoms with Crippen LogP contribution in [-0.4, -0.2) is 11.7 Å². The second kappa shape index (κ2) is 2.47. The van der Waals surface area contributed by atoms with E-state index in [1.807, 2.05) is 0 Å². The minimum atomic E-state index is 0.463. The summed E-state index contributed by atoms with van der Waals surface area (Å²) in [4.78, 5) is 0. The van der Waals surface area contributed by atoms with Gasteiger partial charge in [0.05, 0.1) is 0 Å². The zero-order chi connectivity index (χ0) is 8.13. The molecule has 4 unspecified atom stereocenters. The zero-order valence-electron chi connectivity index (χ0n) is 7.58. The van der Waals surface area contributed by atoms with E-state index >= 15 is 0 Å². The smallest absolute Gasteiger partial charge is 0.0462 e. The van der Waals surface area contributed by atoms with Crippen LogP contribution in [0.15, 0.2) is 0 Å². The monoisotopic (exact) mass is 166 g/mol. The molecule has 1 N–H and O–H groups in total. The molecule has 2 bridgehead atoms. The van der Waals surface area contributed by atoms with Gasteiger partial charge in [0.1, 0.15) is 0 Å². The van der Waals surface area contributed by atoms with Crippen molar-refractivity contribution in [1.29, 1.82) is 0 Å². The lowest BCUT2D eigenvalue weighted by Crippen LogP contribution is -2.26. The van der Waals surface area contributed by atoms with Crippen molar-refractivity contribution in [3.63, 3.8) is 0 Å². The predicted octanol–water partition coefficient (Wildman–Crippen LogP) is 2.05. The number of hydrogen-bond donors (Lipinski definition) is 1. The normalized spacial score (nSPS) is 56.2. The highest BCUT2D eigenvalue weighted by molar-refractivity contribution is 5.02. The highest BCUT2D eigenvalue weighted by atomic mass is 16.3. The van der Waals surface area contributed by atoms with E-state index in [2.05, 4.69) is 0 Å². The topological polar surface area (TPSA) is 20.2 Å². The Morgan fingerprint density at radius 1 is 1.00 bits per heavy atom. The van der Waals surface area contributed by atoms with Gasteiger partial charge >= 0.3 is 0 Å². The fraction of sp³-hybridized carbons (Fsp3) is 1.00. The van der Waals surface area contributed by atoms with Crippen molar-refractivity contribution < 1.29 is 5.11 Å². The van der Waals surface area contributed by atoms with Gasteiger partial charge in [-0.15, -0.1) is 0 Å². The molecular weight excluding hydrogens is 148 g/mol. The first-order valence-electron chi connectivity index (χ1n) is 5.51. The summed E-state index contributed by atoms with van der Waals surface area (Å²) in [5.41, 5.74) is 0. The molecule has 5 atom stereocenters. The largest absolute Gasteiger partial charge is 0.396 e. The standard InChI is InChI=1S/C11H18O/c12-6-8-4-7-5-11(8)10-3-1-2-9(7)10/h7-12H,1-6H2/t7?,8-,9?,10?,11?/m1/s1. The van der Waals surface area contributed by atoms with Crippen LogP contribution in [0.3, 0.4) is 0 Å². The molecule has 0 spiro atoms. The number of rotatable bonds is 1. The molecule has 0 heterocycles. The van der Waals surface area contributed by atoms with Crippen molar-refractivity contribution in [3.05, 3.63) is 0 Å².